The van der Waals surface area contributed by atoms with Crippen molar-refractivity contribution in [2.75, 3.05) is 20.2 Å². The zero-order chi connectivity index (χ0) is 21.4. The summed E-state index contributed by atoms with van der Waals surface area (Å²) in [5, 5.41) is 10.9. The largest absolute Gasteiger partial charge is 0.497 e. The number of nitrogens with one attached hydrogen (secondary N) is 2. The molecule has 0 bridgehead atoms. The topological polar surface area (TPSA) is 72.7 Å². The highest BCUT2D eigenvalue weighted by atomic mass is 19.3. The first-order chi connectivity index (χ1) is 13.8. The van der Waals surface area contributed by atoms with Crippen LogP contribution >= 0.6 is 0 Å². The van der Waals surface area contributed by atoms with E-state index in [4.69, 9.17) is 4.74 Å². The lowest BCUT2D eigenvalue weighted by Crippen LogP contribution is -2.38. The lowest BCUT2D eigenvalue weighted by molar-refractivity contribution is -0.0504. The van der Waals surface area contributed by atoms with Crippen LogP contribution in [-0.4, -0.2) is 42.6 Å². The van der Waals surface area contributed by atoms with Gasteiger partial charge in [-0.3, -0.25) is 4.68 Å². The Morgan fingerprint density at radius 3 is 2.62 bits per heavy atom. The average Bonchev–Trinajstić information content (AvgIpc) is 2.92. The van der Waals surface area contributed by atoms with Crippen LogP contribution in [0.5, 0.6) is 11.5 Å². The maximum atomic E-state index is 12.7. The van der Waals surface area contributed by atoms with Gasteiger partial charge in [0, 0.05) is 31.4 Å². The third-order valence-corrected chi connectivity index (χ3v) is 4.56. The first-order valence-electron chi connectivity index (χ1n) is 9.48. The Morgan fingerprint density at radius 2 is 2.03 bits per heavy atom. The molecule has 0 aliphatic rings. The van der Waals surface area contributed by atoms with Crippen LogP contribution in [0.4, 0.5) is 8.78 Å². The third kappa shape index (κ3) is 6.33. The Balaban J connectivity index is 2.08. The average molecular weight is 409 g/mol. The smallest absolute Gasteiger partial charge is 0.387 e. The molecule has 0 unspecified atom stereocenters. The van der Waals surface area contributed by atoms with Crippen molar-refractivity contribution in [3.63, 3.8) is 0 Å². The lowest BCUT2D eigenvalue weighted by atomic mass is 10.1. The van der Waals surface area contributed by atoms with Gasteiger partial charge < -0.3 is 20.1 Å². The number of rotatable bonds is 9. The summed E-state index contributed by atoms with van der Waals surface area (Å²) in [4.78, 5) is 4.50. The molecule has 160 valence electrons. The molecular weight excluding hydrogens is 380 g/mol. The molecule has 0 amide bonds. The second kappa shape index (κ2) is 10.6. The zero-order valence-electron chi connectivity index (χ0n) is 17.6. The number of aliphatic imine (C=N–C) groups is 1. The van der Waals surface area contributed by atoms with Crippen LogP contribution in [0, 0.1) is 13.8 Å². The van der Waals surface area contributed by atoms with Gasteiger partial charge in [-0.05, 0) is 51.0 Å². The molecule has 2 aromatic rings. The molecule has 0 fully saturated rings. The lowest BCUT2D eigenvalue weighted by Gasteiger charge is -2.14. The van der Waals surface area contributed by atoms with E-state index < -0.39 is 6.61 Å². The number of aromatic nitrogens is 2. The predicted molar refractivity (Wildman–Crippen MR) is 109 cm³/mol. The molecule has 29 heavy (non-hydrogen) atoms. The Hall–Kier alpha value is -2.84. The maximum absolute atomic E-state index is 12.7. The molecule has 7 nitrogen and oxygen atoms in total. The molecule has 1 heterocycles. The van der Waals surface area contributed by atoms with Gasteiger partial charge >= 0.3 is 6.61 Å². The van der Waals surface area contributed by atoms with E-state index in [0.29, 0.717) is 30.4 Å². The van der Waals surface area contributed by atoms with Crippen LogP contribution < -0.4 is 20.1 Å². The molecule has 0 saturated heterocycles. The number of nitrogens with zero attached hydrogens (tertiary/aromatic N) is 3. The van der Waals surface area contributed by atoms with Crippen molar-refractivity contribution >= 4 is 5.96 Å². The minimum atomic E-state index is -2.90. The summed E-state index contributed by atoms with van der Waals surface area (Å²) in [5.74, 6) is 1.23. The maximum Gasteiger partial charge on any atom is 0.387 e. The second-order valence-corrected chi connectivity index (χ2v) is 6.50. The summed E-state index contributed by atoms with van der Waals surface area (Å²) < 4.78 is 37.0. The van der Waals surface area contributed by atoms with Crippen molar-refractivity contribution in [1.29, 1.82) is 0 Å². The number of methoxy groups -OCH3 is 1. The van der Waals surface area contributed by atoms with Crippen LogP contribution in [0.25, 0.3) is 0 Å². The number of guanidine groups is 1. The van der Waals surface area contributed by atoms with E-state index in [1.807, 2.05) is 32.5 Å². The van der Waals surface area contributed by atoms with E-state index in [2.05, 4.69) is 25.5 Å². The fourth-order valence-electron chi connectivity index (χ4n) is 3.01. The van der Waals surface area contributed by atoms with Gasteiger partial charge in [-0.2, -0.15) is 13.9 Å². The number of aryl methyl sites for hydroxylation is 2. The molecule has 9 heteroatoms. The van der Waals surface area contributed by atoms with Crippen molar-refractivity contribution in [2.24, 2.45) is 12.0 Å². The van der Waals surface area contributed by atoms with E-state index in [-0.39, 0.29) is 12.3 Å². The van der Waals surface area contributed by atoms with E-state index in [1.165, 1.54) is 18.7 Å². The van der Waals surface area contributed by atoms with Crippen LogP contribution in [-0.2, 0) is 20.0 Å². The number of benzene rings is 1. The van der Waals surface area contributed by atoms with E-state index in [9.17, 15) is 8.78 Å². The number of hydrogen-bond donors (Lipinski definition) is 2. The summed E-state index contributed by atoms with van der Waals surface area (Å²) in [6.07, 6.45) is 0.800. The molecule has 1 aromatic heterocycles. The highest BCUT2D eigenvalue weighted by Gasteiger charge is 2.12. The second-order valence-electron chi connectivity index (χ2n) is 6.50. The number of hydrogen-bond acceptors (Lipinski definition) is 4. The molecule has 0 saturated carbocycles. The van der Waals surface area contributed by atoms with Crippen LogP contribution in [0.1, 0.15) is 29.4 Å². The van der Waals surface area contributed by atoms with Gasteiger partial charge in [0.2, 0.25) is 0 Å². The third-order valence-electron chi connectivity index (χ3n) is 4.56. The highest BCUT2D eigenvalue weighted by molar-refractivity contribution is 5.79. The molecular formula is C20H29F2N5O2. The van der Waals surface area contributed by atoms with E-state index in [1.54, 1.807) is 12.1 Å². The molecule has 0 radical (unpaired) electrons. The fraction of sp³-hybridized carbons (Fsp3) is 0.500. The molecule has 0 aliphatic carbocycles. The summed E-state index contributed by atoms with van der Waals surface area (Å²) in [7, 11) is 3.45. The monoisotopic (exact) mass is 409 g/mol. The zero-order valence-corrected chi connectivity index (χ0v) is 17.6. The van der Waals surface area contributed by atoms with Crippen LogP contribution in [0.15, 0.2) is 23.2 Å². The Bertz CT molecular complexity index is 837. The minimum Gasteiger partial charge on any atom is -0.497 e. The molecule has 2 rings (SSSR count). The number of halogens is 2. The highest BCUT2D eigenvalue weighted by Crippen LogP contribution is 2.26. The van der Waals surface area contributed by atoms with E-state index >= 15 is 0 Å². The first-order valence-corrected chi connectivity index (χ1v) is 9.48. The predicted octanol–water partition coefficient (Wildman–Crippen LogP) is 2.94. The molecule has 0 aliphatic heterocycles. The van der Waals surface area contributed by atoms with Crippen molar-refractivity contribution in [2.45, 2.75) is 40.3 Å². The van der Waals surface area contributed by atoms with Gasteiger partial charge in [-0.1, -0.05) is 0 Å². The quantitative estimate of drug-likeness (QED) is 0.492. The molecule has 0 atom stereocenters. The van der Waals surface area contributed by atoms with Crippen LogP contribution in [0.3, 0.4) is 0 Å². The summed E-state index contributed by atoms with van der Waals surface area (Å²) in [6, 6.07) is 4.68. The van der Waals surface area contributed by atoms with Gasteiger partial charge in [-0.25, -0.2) is 4.99 Å². The Labute approximate surface area is 170 Å². The van der Waals surface area contributed by atoms with Gasteiger partial charge in [0.15, 0.2) is 5.96 Å². The first kappa shape index (κ1) is 22.4. The summed E-state index contributed by atoms with van der Waals surface area (Å²) in [6.45, 7) is 4.61. The van der Waals surface area contributed by atoms with Crippen molar-refractivity contribution in [1.82, 2.24) is 20.4 Å². The standard InChI is InChI=1S/C20H29F2N5O2/c1-6-23-20(24-10-9-17-13(2)26-27(4)14(17)3)25-12-15-11-16(28-5)7-8-18(15)29-19(21)22/h7-8,11,19H,6,9-10,12H2,1-5H3,(H2,23,24,25). The van der Waals surface area contributed by atoms with Gasteiger partial charge in [0.25, 0.3) is 0 Å². The van der Waals surface area contributed by atoms with Crippen LogP contribution in [0.2, 0.25) is 0 Å². The van der Waals surface area contributed by atoms with Gasteiger partial charge in [0.1, 0.15) is 11.5 Å². The number of ether oxygens (including phenoxy) is 2. The molecule has 2 N–H and O–H groups in total. The SMILES string of the molecule is CCNC(=NCc1cc(OC)ccc1OC(F)F)NCCc1c(C)nn(C)c1C. The van der Waals surface area contributed by atoms with Crippen molar-refractivity contribution in [3.05, 3.63) is 40.7 Å². The van der Waals surface area contributed by atoms with Crippen molar-refractivity contribution < 1.29 is 18.3 Å². The number of alkyl halides is 2. The van der Waals surface area contributed by atoms with Gasteiger partial charge in [0.05, 0.1) is 19.3 Å². The molecule has 1 aromatic carbocycles. The van der Waals surface area contributed by atoms with Crippen molar-refractivity contribution in [3.8, 4) is 11.5 Å². The fourth-order valence-corrected chi connectivity index (χ4v) is 3.01. The molecule has 0 spiro atoms. The minimum absolute atomic E-state index is 0.0852. The van der Waals surface area contributed by atoms with E-state index in [0.717, 1.165) is 17.8 Å². The normalized spacial score (nSPS) is 11.7. The summed E-state index contributed by atoms with van der Waals surface area (Å²) in [5.41, 5.74) is 3.87. The van der Waals surface area contributed by atoms with Gasteiger partial charge in [-0.15, -0.1) is 0 Å². The Morgan fingerprint density at radius 1 is 1.28 bits per heavy atom. The summed E-state index contributed by atoms with van der Waals surface area (Å²) >= 11 is 0. The Kier molecular flexibility index (Phi) is 8.23.